The van der Waals surface area contributed by atoms with Gasteiger partial charge in [-0.1, -0.05) is 24.8 Å². The van der Waals surface area contributed by atoms with Gasteiger partial charge in [-0.3, -0.25) is 0 Å². The Bertz CT molecular complexity index is 151. The fraction of sp³-hybridized carbons (Fsp3) is 0.444. The van der Waals surface area contributed by atoms with Gasteiger partial charge in [0.25, 0.3) is 0 Å². The Hall–Kier alpha value is -1.03. The zero-order chi connectivity index (χ0) is 7.82. The number of hydrogen-bond donors (Lipinski definition) is 0. The first-order valence-electron chi connectivity index (χ1n) is 3.48. The molecule has 0 saturated heterocycles. The lowest BCUT2D eigenvalue weighted by atomic mass is 10.1. The van der Waals surface area contributed by atoms with E-state index in [0.29, 0.717) is 0 Å². The van der Waals surface area contributed by atoms with Crippen LogP contribution in [-0.2, 0) is 0 Å². The summed E-state index contributed by atoms with van der Waals surface area (Å²) >= 11 is 0. The van der Waals surface area contributed by atoms with Crippen molar-refractivity contribution in [3.63, 3.8) is 0 Å². The van der Waals surface area contributed by atoms with Crippen LogP contribution < -0.4 is 0 Å². The summed E-state index contributed by atoms with van der Waals surface area (Å²) in [5.74, 6) is 0.175. The number of nitriles is 1. The van der Waals surface area contributed by atoms with Crippen molar-refractivity contribution in [3.8, 4) is 6.07 Å². The largest absolute Gasteiger partial charge is 0.198 e. The van der Waals surface area contributed by atoms with Crippen molar-refractivity contribution in [2.75, 3.05) is 0 Å². The minimum absolute atomic E-state index is 0.175. The van der Waals surface area contributed by atoms with Crippen LogP contribution in [0, 0.1) is 17.2 Å². The molecule has 54 valence electrons. The smallest absolute Gasteiger partial charge is 0.0652 e. The highest BCUT2D eigenvalue weighted by Gasteiger charge is 1.94. The molecule has 1 heteroatoms. The van der Waals surface area contributed by atoms with Gasteiger partial charge in [0.1, 0.15) is 0 Å². The predicted octanol–water partition coefficient (Wildman–Crippen LogP) is 2.67. The third-order valence-electron chi connectivity index (χ3n) is 1.26. The van der Waals surface area contributed by atoms with E-state index in [-0.39, 0.29) is 5.92 Å². The Kier molecular flexibility index (Phi) is 5.47. The maximum atomic E-state index is 8.40. The number of allylic oxidation sites excluding steroid dienone is 3. The van der Waals surface area contributed by atoms with Crippen LogP contribution in [-0.4, -0.2) is 0 Å². The lowest BCUT2D eigenvalue weighted by Gasteiger charge is -1.94. The van der Waals surface area contributed by atoms with Crippen molar-refractivity contribution in [2.24, 2.45) is 5.92 Å². The van der Waals surface area contributed by atoms with Crippen molar-refractivity contribution >= 4 is 0 Å². The highest BCUT2D eigenvalue weighted by molar-refractivity contribution is 4.97. The van der Waals surface area contributed by atoms with Crippen LogP contribution in [0.2, 0.25) is 0 Å². The maximum absolute atomic E-state index is 8.40. The molecule has 0 aromatic heterocycles. The molecule has 0 radical (unpaired) electrons. The van der Waals surface area contributed by atoms with Gasteiger partial charge in [-0.2, -0.15) is 5.26 Å². The van der Waals surface area contributed by atoms with Gasteiger partial charge in [-0.05, 0) is 19.8 Å². The molecule has 0 aliphatic rings. The quantitative estimate of drug-likeness (QED) is 0.544. The Labute approximate surface area is 62.7 Å². The van der Waals surface area contributed by atoms with Crippen LogP contribution in [0.5, 0.6) is 0 Å². The normalized spacial score (nSPS) is 12.8. The third kappa shape index (κ3) is 5.11. The van der Waals surface area contributed by atoms with Crippen molar-refractivity contribution in [3.05, 3.63) is 24.8 Å². The zero-order valence-electron chi connectivity index (χ0n) is 6.38. The van der Waals surface area contributed by atoms with Gasteiger partial charge in [0.05, 0.1) is 6.07 Å². The summed E-state index contributed by atoms with van der Waals surface area (Å²) < 4.78 is 0. The molecular formula is C9H13N. The Morgan fingerprint density at radius 1 is 1.70 bits per heavy atom. The molecule has 0 saturated carbocycles. The molecular weight excluding hydrogens is 122 g/mol. The molecule has 0 fully saturated rings. The van der Waals surface area contributed by atoms with E-state index < -0.39 is 0 Å². The van der Waals surface area contributed by atoms with Gasteiger partial charge in [-0.15, -0.1) is 0 Å². The Balaban J connectivity index is 3.29. The summed E-state index contributed by atoms with van der Waals surface area (Å²) in [5, 5.41) is 8.40. The monoisotopic (exact) mass is 135 g/mol. The van der Waals surface area contributed by atoms with Gasteiger partial charge >= 0.3 is 0 Å². The molecule has 1 atom stereocenters. The maximum Gasteiger partial charge on any atom is 0.0652 e. The molecule has 0 aromatic carbocycles. The topological polar surface area (TPSA) is 23.8 Å². The van der Waals surface area contributed by atoms with E-state index in [1.807, 2.05) is 19.1 Å². The zero-order valence-corrected chi connectivity index (χ0v) is 6.38. The minimum Gasteiger partial charge on any atom is -0.198 e. The van der Waals surface area contributed by atoms with E-state index in [1.165, 1.54) is 0 Å². The van der Waals surface area contributed by atoms with Crippen molar-refractivity contribution in [1.29, 1.82) is 5.26 Å². The summed E-state index contributed by atoms with van der Waals surface area (Å²) in [4.78, 5) is 0. The van der Waals surface area contributed by atoms with Crippen LogP contribution in [0.25, 0.3) is 0 Å². The van der Waals surface area contributed by atoms with Crippen molar-refractivity contribution < 1.29 is 0 Å². The minimum atomic E-state index is 0.175. The molecule has 10 heavy (non-hydrogen) atoms. The summed E-state index contributed by atoms with van der Waals surface area (Å²) in [6, 6.07) is 2.18. The van der Waals surface area contributed by atoms with Crippen molar-refractivity contribution in [2.45, 2.75) is 19.8 Å². The van der Waals surface area contributed by atoms with Gasteiger partial charge in [-0.25, -0.2) is 0 Å². The molecule has 0 heterocycles. The van der Waals surface area contributed by atoms with Crippen LogP contribution >= 0.6 is 0 Å². The molecule has 0 bridgehead atoms. The average molecular weight is 135 g/mol. The molecule has 0 aliphatic heterocycles. The summed E-state index contributed by atoms with van der Waals surface area (Å²) in [6.45, 7) is 5.48. The summed E-state index contributed by atoms with van der Waals surface area (Å²) in [6.07, 6.45) is 7.60. The SMILES string of the molecule is C=CC=CCCC(C)C#N. The Morgan fingerprint density at radius 3 is 2.90 bits per heavy atom. The second kappa shape index (κ2) is 6.10. The molecule has 0 rings (SSSR count). The summed E-state index contributed by atoms with van der Waals surface area (Å²) in [5.41, 5.74) is 0. The number of hydrogen-bond acceptors (Lipinski definition) is 1. The first kappa shape index (κ1) is 8.97. The average Bonchev–Trinajstić information content (AvgIpc) is 1.98. The third-order valence-corrected chi connectivity index (χ3v) is 1.26. The predicted molar refractivity (Wildman–Crippen MR) is 43.3 cm³/mol. The van der Waals surface area contributed by atoms with Crippen LogP contribution in [0.15, 0.2) is 24.8 Å². The van der Waals surface area contributed by atoms with Crippen molar-refractivity contribution in [1.82, 2.24) is 0 Å². The molecule has 0 aliphatic carbocycles. The highest BCUT2D eigenvalue weighted by Crippen LogP contribution is 2.03. The van der Waals surface area contributed by atoms with Crippen LogP contribution in [0.4, 0.5) is 0 Å². The second-order valence-electron chi connectivity index (χ2n) is 2.27. The lowest BCUT2D eigenvalue weighted by molar-refractivity contribution is 0.671. The molecule has 1 nitrogen and oxygen atoms in total. The summed E-state index contributed by atoms with van der Waals surface area (Å²) in [7, 11) is 0. The van der Waals surface area contributed by atoms with E-state index in [1.54, 1.807) is 6.08 Å². The highest BCUT2D eigenvalue weighted by atomic mass is 14.2. The first-order valence-corrected chi connectivity index (χ1v) is 3.48. The fourth-order valence-corrected chi connectivity index (χ4v) is 0.603. The van der Waals surface area contributed by atoms with E-state index in [2.05, 4.69) is 12.6 Å². The van der Waals surface area contributed by atoms with Crippen LogP contribution in [0.1, 0.15) is 19.8 Å². The van der Waals surface area contributed by atoms with E-state index >= 15 is 0 Å². The van der Waals surface area contributed by atoms with E-state index in [0.717, 1.165) is 12.8 Å². The molecule has 0 amide bonds. The van der Waals surface area contributed by atoms with Gasteiger partial charge in [0, 0.05) is 5.92 Å². The standard InChI is InChI=1S/C9H13N/c1-3-4-5-6-7-9(2)8-10/h3-5,9H,1,6-7H2,2H3. The first-order chi connectivity index (χ1) is 4.81. The Morgan fingerprint density at radius 2 is 2.40 bits per heavy atom. The number of nitrogens with zero attached hydrogens (tertiary/aromatic N) is 1. The lowest BCUT2D eigenvalue weighted by Crippen LogP contribution is -1.86. The van der Waals surface area contributed by atoms with E-state index in [4.69, 9.17) is 5.26 Å². The molecule has 0 N–H and O–H groups in total. The molecule has 0 spiro atoms. The van der Waals surface area contributed by atoms with Gasteiger partial charge in [0.15, 0.2) is 0 Å². The molecule has 1 unspecified atom stereocenters. The van der Waals surface area contributed by atoms with Gasteiger partial charge in [0.2, 0.25) is 0 Å². The van der Waals surface area contributed by atoms with Crippen LogP contribution in [0.3, 0.4) is 0 Å². The van der Waals surface area contributed by atoms with Gasteiger partial charge < -0.3 is 0 Å². The molecule has 0 aromatic rings. The number of rotatable bonds is 4. The fourth-order valence-electron chi connectivity index (χ4n) is 0.603. The van der Waals surface area contributed by atoms with E-state index in [9.17, 15) is 0 Å². The second-order valence-corrected chi connectivity index (χ2v) is 2.27.